The van der Waals surface area contributed by atoms with Crippen molar-refractivity contribution in [3.05, 3.63) is 18.0 Å². The zero-order chi connectivity index (χ0) is 13.3. The summed E-state index contributed by atoms with van der Waals surface area (Å²) >= 11 is 0. The van der Waals surface area contributed by atoms with Gasteiger partial charge in [-0.05, 0) is 13.0 Å². The van der Waals surface area contributed by atoms with Gasteiger partial charge in [0.2, 0.25) is 10.0 Å². The van der Waals surface area contributed by atoms with Crippen LogP contribution in [-0.4, -0.2) is 48.2 Å². The lowest BCUT2D eigenvalue weighted by atomic mass is 10.3. The van der Waals surface area contributed by atoms with Gasteiger partial charge in [-0.1, -0.05) is 0 Å². The number of nitrogens with zero attached hydrogens (tertiary/aromatic N) is 2. The fraction of sp³-hybridized carbons (Fsp3) is 0.636. The van der Waals surface area contributed by atoms with Crippen molar-refractivity contribution < 1.29 is 18.3 Å². The minimum atomic E-state index is -3.49. The van der Waals surface area contributed by atoms with Gasteiger partial charge in [0.15, 0.2) is 0 Å². The Morgan fingerprint density at radius 1 is 1.56 bits per heavy atom. The average molecular weight is 274 g/mol. The molecule has 0 spiro atoms. The van der Waals surface area contributed by atoms with Crippen LogP contribution in [-0.2, 0) is 28.4 Å². The number of ether oxygens (including phenoxy) is 1. The van der Waals surface area contributed by atoms with E-state index < -0.39 is 10.0 Å². The van der Waals surface area contributed by atoms with Crippen LogP contribution in [0.3, 0.4) is 0 Å². The van der Waals surface area contributed by atoms with E-state index in [-0.39, 0.29) is 17.6 Å². The van der Waals surface area contributed by atoms with Crippen molar-refractivity contribution in [3.63, 3.8) is 0 Å². The van der Waals surface area contributed by atoms with Crippen LogP contribution in [0.15, 0.2) is 17.2 Å². The maximum atomic E-state index is 12.4. The molecule has 1 fully saturated rings. The molecule has 1 aromatic heterocycles. The summed E-state index contributed by atoms with van der Waals surface area (Å²) < 4.78 is 33.2. The zero-order valence-corrected chi connectivity index (χ0v) is 11.4. The Morgan fingerprint density at radius 3 is 2.83 bits per heavy atom. The molecule has 0 aromatic carbocycles. The number of aryl methyl sites for hydroxylation is 1. The van der Waals surface area contributed by atoms with E-state index in [0.717, 1.165) is 0 Å². The van der Waals surface area contributed by atoms with E-state index in [1.165, 1.54) is 16.6 Å². The van der Waals surface area contributed by atoms with Gasteiger partial charge in [0.1, 0.15) is 4.90 Å². The van der Waals surface area contributed by atoms with Crippen LogP contribution < -0.4 is 0 Å². The van der Waals surface area contributed by atoms with Gasteiger partial charge in [0.25, 0.3) is 0 Å². The van der Waals surface area contributed by atoms with Crippen molar-refractivity contribution >= 4 is 10.0 Å². The molecule has 0 saturated carbocycles. The van der Waals surface area contributed by atoms with Crippen LogP contribution in [0.5, 0.6) is 0 Å². The number of hydrogen-bond donors (Lipinski definition) is 1. The summed E-state index contributed by atoms with van der Waals surface area (Å²) in [5, 5.41) is 9.10. The molecule has 1 aliphatic heterocycles. The van der Waals surface area contributed by atoms with Crippen molar-refractivity contribution in [1.82, 2.24) is 8.87 Å². The van der Waals surface area contributed by atoms with Crippen LogP contribution in [0.1, 0.15) is 12.6 Å². The number of morpholine rings is 1. The van der Waals surface area contributed by atoms with Gasteiger partial charge in [0, 0.05) is 32.0 Å². The first-order chi connectivity index (χ1) is 8.45. The second-order valence-corrected chi connectivity index (χ2v) is 6.42. The summed E-state index contributed by atoms with van der Waals surface area (Å²) in [6.45, 7) is 2.83. The first-order valence-electron chi connectivity index (χ1n) is 5.83. The zero-order valence-electron chi connectivity index (χ0n) is 10.5. The molecule has 18 heavy (non-hydrogen) atoms. The van der Waals surface area contributed by atoms with Gasteiger partial charge < -0.3 is 14.4 Å². The second kappa shape index (κ2) is 5.00. The highest BCUT2D eigenvalue weighted by atomic mass is 32.2. The Kier molecular flexibility index (Phi) is 3.76. The maximum Gasteiger partial charge on any atom is 0.244 e. The minimum Gasteiger partial charge on any atom is -0.390 e. The molecule has 2 heterocycles. The Morgan fingerprint density at radius 2 is 2.28 bits per heavy atom. The van der Waals surface area contributed by atoms with E-state index in [1.807, 2.05) is 6.92 Å². The third-order valence-corrected chi connectivity index (χ3v) is 4.92. The van der Waals surface area contributed by atoms with E-state index >= 15 is 0 Å². The first-order valence-corrected chi connectivity index (χ1v) is 7.27. The maximum absolute atomic E-state index is 12.4. The third-order valence-electron chi connectivity index (χ3n) is 3.09. The molecule has 1 aromatic rings. The molecule has 1 atom stereocenters. The lowest BCUT2D eigenvalue weighted by molar-refractivity contribution is 0.0102. The molecule has 102 valence electrons. The number of sulfonamides is 1. The summed E-state index contributed by atoms with van der Waals surface area (Å²) in [5.41, 5.74) is 0.579. The van der Waals surface area contributed by atoms with Gasteiger partial charge in [0.05, 0.1) is 19.3 Å². The van der Waals surface area contributed by atoms with Crippen molar-refractivity contribution in [2.75, 3.05) is 19.7 Å². The molecule has 0 bridgehead atoms. The molecule has 0 radical (unpaired) electrons. The monoisotopic (exact) mass is 274 g/mol. The van der Waals surface area contributed by atoms with Gasteiger partial charge in [-0.15, -0.1) is 0 Å². The highest BCUT2D eigenvalue weighted by molar-refractivity contribution is 7.89. The van der Waals surface area contributed by atoms with Crippen molar-refractivity contribution in [2.24, 2.45) is 7.05 Å². The van der Waals surface area contributed by atoms with E-state index in [1.54, 1.807) is 11.6 Å². The number of aliphatic hydroxyl groups excluding tert-OH is 1. The Labute approximate surface area is 107 Å². The number of aromatic nitrogens is 1. The molecule has 0 amide bonds. The summed E-state index contributed by atoms with van der Waals surface area (Å²) in [7, 11) is -1.77. The SMILES string of the molecule is CC1CN(S(=O)(=O)c2cc(CO)n(C)c2)CCO1. The normalized spacial score (nSPS) is 22.3. The molecular weight excluding hydrogens is 256 g/mol. The highest BCUT2D eigenvalue weighted by Gasteiger charge is 2.30. The molecular formula is C11H18N2O4S. The first kappa shape index (κ1) is 13.5. The fourth-order valence-electron chi connectivity index (χ4n) is 2.03. The van der Waals surface area contributed by atoms with Crippen LogP contribution >= 0.6 is 0 Å². The van der Waals surface area contributed by atoms with Crippen LogP contribution in [0, 0.1) is 0 Å². The van der Waals surface area contributed by atoms with Gasteiger partial charge >= 0.3 is 0 Å². The topological polar surface area (TPSA) is 71.8 Å². The van der Waals surface area contributed by atoms with E-state index in [4.69, 9.17) is 9.84 Å². The lowest BCUT2D eigenvalue weighted by Crippen LogP contribution is -2.44. The highest BCUT2D eigenvalue weighted by Crippen LogP contribution is 2.20. The number of hydrogen-bond acceptors (Lipinski definition) is 4. The van der Waals surface area contributed by atoms with Crippen LogP contribution in [0.2, 0.25) is 0 Å². The van der Waals surface area contributed by atoms with E-state index in [0.29, 0.717) is 25.4 Å². The van der Waals surface area contributed by atoms with Crippen molar-refractivity contribution in [3.8, 4) is 0 Å². The van der Waals surface area contributed by atoms with Crippen LogP contribution in [0.4, 0.5) is 0 Å². The van der Waals surface area contributed by atoms with Crippen LogP contribution in [0.25, 0.3) is 0 Å². The molecule has 1 N–H and O–H groups in total. The van der Waals surface area contributed by atoms with Crippen molar-refractivity contribution in [2.45, 2.75) is 24.5 Å². The Hall–Kier alpha value is -0.890. The molecule has 0 aliphatic carbocycles. The predicted octanol–water partition coefficient (Wildman–Crippen LogP) is -0.0732. The molecule has 6 nitrogen and oxygen atoms in total. The number of rotatable bonds is 3. The standard InChI is InChI=1S/C11H18N2O4S/c1-9-6-13(3-4-17-9)18(15,16)11-5-10(8-14)12(2)7-11/h5,7,9,14H,3-4,6,8H2,1-2H3. The van der Waals surface area contributed by atoms with E-state index in [2.05, 4.69) is 0 Å². The van der Waals surface area contributed by atoms with Gasteiger partial charge in [-0.3, -0.25) is 0 Å². The molecule has 7 heteroatoms. The smallest absolute Gasteiger partial charge is 0.244 e. The molecule has 2 rings (SSSR count). The lowest BCUT2D eigenvalue weighted by Gasteiger charge is -2.29. The third kappa shape index (κ3) is 2.44. The Balaban J connectivity index is 2.29. The summed E-state index contributed by atoms with van der Waals surface area (Å²) in [6, 6.07) is 1.51. The predicted molar refractivity (Wildman–Crippen MR) is 65.5 cm³/mol. The minimum absolute atomic E-state index is 0.0884. The molecule has 1 aliphatic rings. The average Bonchev–Trinajstić information content (AvgIpc) is 2.71. The second-order valence-electron chi connectivity index (χ2n) is 4.48. The van der Waals surface area contributed by atoms with Gasteiger partial charge in [-0.25, -0.2) is 8.42 Å². The largest absolute Gasteiger partial charge is 0.390 e. The quantitative estimate of drug-likeness (QED) is 0.837. The van der Waals surface area contributed by atoms with E-state index in [9.17, 15) is 8.42 Å². The number of aliphatic hydroxyl groups is 1. The Bertz CT molecular complexity index is 523. The fourth-order valence-corrected chi connectivity index (χ4v) is 3.62. The summed E-state index contributed by atoms with van der Waals surface area (Å²) in [4.78, 5) is 0.225. The molecule has 1 saturated heterocycles. The molecule has 1 unspecified atom stereocenters. The summed E-state index contributed by atoms with van der Waals surface area (Å²) in [5.74, 6) is 0. The van der Waals surface area contributed by atoms with Gasteiger partial charge in [-0.2, -0.15) is 4.31 Å². The summed E-state index contributed by atoms with van der Waals surface area (Å²) in [6.07, 6.45) is 1.44. The van der Waals surface area contributed by atoms with Crippen molar-refractivity contribution in [1.29, 1.82) is 0 Å².